The summed E-state index contributed by atoms with van der Waals surface area (Å²) in [5.74, 6) is -1.35. The lowest BCUT2D eigenvalue weighted by molar-refractivity contribution is -0.117. The summed E-state index contributed by atoms with van der Waals surface area (Å²) in [7, 11) is 0. The molecular weight excluding hydrogens is 358 g/mol. The number of anilines is 1. The first-order valence-electron chi connectivity index (χ1n) is 8.84. The Morgan fingerprint density at radius 1 is 1.04 bits per heavy atom. The third-order valence-electron chi connectivity index (χ3n) is 3.79. The summed E-state index contributed by atoms with van der Waals surface area (Å²) in [5.41, 5.74) is 12.6. The number of nitrogens with one attached hydrogen (secondary N) is 1. The highest BCUT2D eigenvalue weighted by Gasteiger charge is 2.18. The van der Waals surface area contributed by atoms with E-state index in [0.29, 0.717) is 16.8 Å². The minimum Gasteiger partial charge on any atom is -0.456 e. The quantitative estimate of drug-likeness (QED) is 0.660. The minimum absolute atomic E-state index is 0.253. The van der Waals surface area contributed by atoms with Gasteiger partial charge in [0.1, 0.15) is 5.60 Å². The maximum atomic E-state index is 12.3. The van der Waals surface area contributed by atoms with Gasteiger partial charge in [-0.3, -0.25) is 9.59 Å². The maximum Gasteiger partial charge on any atom is 0.338 e. The van der Waals surface area contributed by atoms with Gasteiger partial charge in [-0.05, 0) is 69.2 Å². The van der Waals surface area contributed by atoms with Crippen molar-refractivity contribution in [1.82, 2.24) is 0 Å². The summed E-state index contributed by atoms with van der Waals surface area (Å²) in [6.45, 7) is 5.38. The average Bonchev–Trinajstić information content (AvgIpc) is 2.61. The van der Waals surface area contributed by atoms with Gasteiger partial charge in [0.25, 0.3) is 0 Å². The minimum atomic E-state index is -0.811. The lowest BCUT2D eigenvalue weighted by Crippen LogP contribution is -2.37. The summed E-state index contributed by atoms with van der Waals surface area (Å²) < 4.78 is 5.30. The molecule has 148 valence electrons. The molecule has 2 amide bonds. The van der Waals surface area contributed by atoms with Crippen LogP contribution >= 0.6 is 0 Å². The molecule has 0 aromatic heterocycles. The number of ether oxygens (including phenoxy) is 1. The summed E-state index contributed by atoms with van der Waals surface area (Å²) in [6.07, 6.45) is 0.253. The Bertz CT molecular complexity index is 870. The molecule has 2 aromatic rings. The number of hydrogen-bond acceptors (Lipinski definition) is 5. The van der Waals surface area contributed by atoms with E-state index in [1.165, 1.54) is 0 Å². The van der Waals surface area contributed by atoms with Crippen molar-refractivity contribution in [2.24, 2.45) is 11.5 Å². The fraction of sp³-hybridized carbons (Fsp3) is 0.286. The second-order valence-corrected chi connectivity index (χ2v) is 7.44. The Kier molecular flexibility index (Phi) is 6.53. The fourth-order valence-corrected chi connectivity index (χ4v) is 2.46. The molecule has 5 N–H and O–H groups in total. The van der Waals surface area contributed by atoms with Gasteiger partial charge in [0.2, 0.25) is 11.8 Å². The summed E-state index contributed by atoms with van der Waals surface area (Å²) >= 11 is 0. The molecule has 0 saturated carbocycles. The van der Waals surface area contributed by atoms with Crippen LogP contribution in [-0.2, 0) is 16.0 Å². The van der Waals surface area contributed by atoms with E-state index in [9.17, 15) is 14.4 Å². The van der Waals surface area contributed by atoms with E-state index < -0.39 is 23.5 Å². The monoisotopic (exact) mass is 383 g/mol. The van der Waals surface area contributed by atoms with Crippen molar-refractivity contribution in [2.45, 2.75) is 38.8 Å². The van der Waals surface area contributed by atoms with Crippen LogP contribution in [0.3, 0.4) is 0 Å². The fourth-order valence-electron chi connectivity index (χ4n) is 2.46. The van der Waals surface area contributed by atoms with Crippen molar-refractivity contribution in [3.05, 3.63) is 65.2 Å². The normalized spacial score (nSPS) is 12.1. The molecule has 1 unspecified atom stereocenters. The lowest BCUT2D eigenvalue weighted by Gasteiger charge is -2.19. The van der Waals surface area contributed by atoms with Gasteiger partial charge in [-0.15, -0.1) is 0 Å². The van der Waals surface area contributed by atoms with Gasteiger partial charge in [-0.25, -0.2) is 4.79 Å². The van der Waals surface area contributed by atoms with Crippen LogP contribution in [0.2, 0.25) is 0 Å². The number of amides is 2. The van der Waals surface area contributed by atoms with Crippen LogP contribution in [0.4, 0.5) is 5.69 Å². The van der Waals surface area contributed by atoms with Crippen LogP contribution in [0.5, 0.6) is 0 Å². The summed E-state index contributed by atoms with van der Waals surface area (Å²) in [4.78, 5) is 35.6. The number of hydrogen-bond donors (Lipinski definition) is 3. The Labute approximate surface area is 164 Å². The van der Waals surface area contributed by atoms with E-state index >= 15 is 0 Å². The highest BCUT2D eigenvalue weighted by atomic mass is 16.6. The molecule has 0 aliphatic carbocycles. The highest BCUT2D eigenvalue weighted by molar-refractivity contribution is 5.96. The Morgan fingerprint density at radius 3 is 2.25 bits per heavy atom. The van der Waals surface area contributed by atoms with Crippen LogP contribution in [0.1, 0.15) is 47.1 Å². The van der Waals surface area contributed by atoms with Crippen molar-refractivity contribution >= 4 is 23.5 Å². The number of carbonyl (C=O) groups excluding carboxylic acids is 3. The smallest absolute Gasteiger partial charge is 0.338 e. The molecule has 7 nitrogen and oxygen atoms in total. The molecule has 0 spiro atoms. The SMILES string of the molecule is CC(C)(C)OC(=O)c1ccc(NC(=O)C(N)Cc2cccc(C(N)=O)c2)cc1. The zero-order valence-electron chi connectivity index (χ0n) is 16.2. The van der Waals surface area contributed by atoms with E-state index in [2.05, 4.69) is 5.32 Å². The van der Waals surface area contributed by atoms with Crippen molar-refractivity contribution in [3.8, 4) is 0 Å². The summed E-state index contributed by atoms with van der Waals surface area (Å²) in [6, 6.07) is 12.2. The Morgan fingerprint density at radius 2 is 1.68 bits per heavy atom. The van der Waals surface area contributed by atoms with Crippen LogP contribution < -0.4 is 16.8 Å². The molecule has 7 heteroatoms. The second kappa shape index (κ2) is 8.67. The zero-order chi connectivity index (χ0) is 20.9. The number of esters is 1. The van der Waals surface area contributed by atoms with Crippen LogP contribution in [0, 0.1) is 0 Å². The van der Waals surface area contributed by atoms with E-state index in [-0.39, 0.29) is 12.3 Å². The Balaban J connectivity index is 1.97. The van der Waals surface area contributed by atoms with Gasteiger partial charge in [-0.2, -0.15) is 0 Å². The highest BCUT2D eigenvalue weighted by Crippen LogP contribution is 2.15. The van der Waals surface area contributed by atoms with Crippen molar-refractivity contribution in [1.29, 1.82) is 0 Å². The lowest BCUT2D eigenvalue weighted by atomic mass is 10.0. The number of nitrogens with two attached hydrogens (primary N) is 2. The standard InChI is InChI=1S/C21H25N3O4/c1-21(2,3)28-20(27)14-7-9-16(10-8-14)24-19(26)17(22)12-13-5-4-6-15(11-13)18(23)25/h4-11,17H,12,22H2,1-3H3,(H2,23,25)(H,24,26). The molecule has 1 atom stereocenters. The van der Waals surface area contributed by atoms with E-state index in [0.717, 1.165) is 5.56 Å². The second-order valence-electron chi connectivity index (χ2n) is 7.44. The molecule has 0 saturated heterocycles. The molecule has 2 aromatic carbocycles. The molecule has 0 heterocycles. The van der Waals surface area contributed by atoms with E-state index in [4.69, 9.17) is 16.2 Å². The third kappa shape index (κ3) is 6.21. The first kappa shape index (κ1) is 21.1. The number of carbonyl (C=O) groups is 3. The number of primary amides is 1. The molecular formula is C21H25N3O4. The van der Waals surface area contributed by atoms with Gasteiger partial charge in [-0.1, -0.05) is 12.1 Å². The summed E-state index contributed by atoms with van der Waals surface area (Å²) in [5, 5.41) is 2.71. The predicted molar refractivity (Wildman–Crippen MR) is 107 cm³/mol. The van der Waals surface area contributed by atoms with Gasteiger partial charge in [0.15, 0.2) is 0 Å². The zero-order valence-corrected chi connectivity index (χ0v) is 16.2. The molecule has 0 aliphatic heterocycles. The van der Waals surface area contributed by atoms with E-state index in [1.807, 2.05) is 0 Å². The molecule has 2 rings (SSSR count). The largest absolute Gasteiger partial charge is 0.456 e. The van der Waals surface area contributed by atoms with Crippen molar-refractivity contribution in [3.63, 3.8) is 0 Å². The average molecular weight is 383 g/mol. The van der Waals surface area contributed by atoms with Crippen LogP contribution in [-0.4, -0.2) is 29.4 Å². The molecule has 0 radical (unpaired) electrons. The number of rotatable bonds is 6. The first-order valence-corrected chi connectivity index (χ1v) is 8.84. The van der Waals surface area contributed by atoms with Gasteiger partial charge >= 0.3 is 5.97 Å². The van der Waals surface area contributed by atoms with Gasteiger partial charge < -0.3 is 21.5 Å². The van der Waals surface area contributed by atoms with Gasteiger partial charge in [0.05, 0.1) is 11.6 Å². The maximum absolute atomic E-state index is 12.3. The van der Waals surface area contributed by atoms with Crippen LogP contribution in [0.15, 0.2) is 48.5 Å². The third-order valence-corrected chi connectivity index (χ3v) is 3.79. The molecule has 0 aliphatic rings. The van der Waals surface area contributed by atoms with Gasteiger partial charge in [0, 0.05) is 11.3 Å². The molecule has 28 heavy (non-hydrogen) atoms. The number of benzene rings is 2. The Hall–Kier alpha value is -3.19. The van der Waals surface area contributed by atoms with Crippen LogP contribution in [0.25, 0.3) is 0 Å². The van der Waals surface area contributed by atoms with E-state index in [1.54, 1.807) is 69.3 Å². The molecule has 0 bridgehead atoms. The topological polar surface area (TPSA) is 125 Å². The van der Waals surface area contributed by atoms with Crippen molar-refractivity contribution < 1.29 is 19.1 Å². The first-order chi connectivity index (χ1) is 13.0. The van der Waals surface area contributed by atoms with Crippen molar-refractivity contribution in [2.75, 3.05) is 5.32 Å². The predicted octanol–water partition coefficient (Wildman–Crippen LogP) is 2.25. The molecule has 0 fully saturated rings.